The lowest BCUT2D eigenvalue weighted by Crippen LogP contribution is -2.49. The molecule has 0 amide bonds. The van der Waals surface area contributed by atoms with Crippen LogP contribution in [0, 0.1) is 5.92 Å². The van der Waals surface area contributed by atoms with Gasteiger partial charge in [0.2, 0.25) is 0 Å². The van der Waals surface area contributed by atoms with E-state index in [1.807, 2.05) is 0 Å². The van der Waals surface area contributed by atoms with Crippen LogP contribution in [-0.2, 0) is 10.2 Å². The van der Waals surface area contributed by atoms with Crippen molar-refractivity contribution in [1.82, 2.24) is 8.61 Å². The maximum absolute atomic E-state index is 12.4. The van der Waals surface area contributed by atoms with E-state index in [4.69, 9.17) is 11.6 Å². The summed E-state index contributed by atoms with van der Waals surface area (Å²) >= 11 is 5.69. The van der Waals surface area contributed by atoms with Gasteiger partial charge in [0.05, 0.1) is 0 Å². The molecule has 1 rings (SSSR count). The van der Waals surface area contributed by atoms with Gasteiger partial charge < -0.3 is 0 Å². The highest BCUT2D eigenvalue weighted by molar-refractivity contribution is 7.86. The zero-order chi connectivity index (χ0) is 14.7. The maximum atomic E-state index is 12.4. The first-order valence-electron chi connectivity index (χ1n) is 6.08. The van der Waals surface area contributed by atoms with Gasteiger partial charge in [-0.15, -0.1) is 11.6 Å². The Morgan fingerprint density at radius 2 is 1.84 bits per heavy atom. The maximum Gasteiger partial charge on any atom is 0.402 e. The molecule has 0 bridgehead atoms. The monoisotopic (exact) mass is 322 g/mol. The number of hydrogen-bond donors (Lipinski definition) is 0. The van der Waals surface area contributed by atoms with Gasteiger partial charge in [-0.3, -0.25) is 0 Å². The molecule has 4 nitrogen and oxygen atoms in total. The van der Waals surface area contributed by atoms with Gasteiger partial charge in [-0.05, 0) is 18.8 Å². The molecule has 9 heteroatoms. The first-order chi connectivity index (χ1) is 8.70. The standard InChI is InChI=1S/C10H18ClF3N2O2S/c1-2-15(8-10(12,13)14)19(17,18)16-5-3-9(7-11)4-6-16/h9H,2-8H2,1H3. The van der Waals surface area contributed by atoms with Crippen LogP contribution >= 0.6 is 11.6 Å². The van der Waals surface area contributed by atoms with Crippen molar-refractivity contribution in [2.75, 3.05) is 32.1 Å². The summed E-state index contributed by atoms with van der Waals surface area (Å²) < 4.78 is 62.9. The summed E-state index contributed by atoms with van der Waals surface area (Å²) in [6.07, 6.45) is -3.35. The predicted molar refractivity (Wildman–Crippen MR) is 67.2 cm³/mol. The fourth-order valence-electron chi connectivity index (χ4n) is 2.01. The third-order valence-electron chi connectivity index (χ3n) is 3.15. The number of hydrogen-bond acceptors (Lipinski definition) is 2. The van der Waals surface area contributed by atoms with Gasteiger partial charge in [0.25, 0.3) is 10.2 Å². The molecule has 0 aromatic carbocycles. The molecule has 1 aliphatic heterocycles. The molecular weight excluding hydrogens is 305 g/mol. The third-order valence-corrected chi connectivity index (χ3v) is 5.65. The lowest BCUT2D eigenvalue weighted by atomic mass is 10.0. The van der Waals surface area contributed by atoms with E-state index in [0.29, 0.717) is 23.0 Å². The zero-order valence-electron chi connectivity index (χ0n) is 10.7. The highest BCUT2D eigenvalue weighted by atomic mass is 35.5. The van der Waals surface area contributed by atoms with Crippen molar-refractivity contribution < 1.29 is 21.6 Å². The van der Waals surface area contributed by atoms with Crippen molar-refractivity contribution in [1.29, 1.82) is 0 Å². The van der Waals surface area contributed by atoms with Crippen molar-refractivity contribution in [3.63, 3.8) is 0 Å². The summed E-state index contributed by atoms with van der Waals surface area (Å²) in [6, 6.07) is 0. The molecule has 0 unspecified atom stereocenters. The van der Waals surface area contributed by atoms with Gasteiger partial charge in [0.15, 0.2) is 0 Å². The number of halogens is 4. The van der Waals surface area contributed by atoms with E-state index < -0.39 is 22.9 Å². The molecular formula is C10H18ClF3N2O2S. The van der Waals surface area contributed by atoms with Crippen LogP contribution in [0.3, 0.4) is 0 Å². The minimum Gasteiger partial charge on any atom is -0.195 e. The second-order valence-electron chi connectivity index (χ2n) is 4.55. The Morgan fingerprint density at radius 1 is 1.32 bits per heavy atom. The molecule has 19 heavy (non-hydrogen) atoms. The van der Waals surface area contributed by atoms with Crippen LogP contribution in [0.15, 0.2) is 0 Å². The van der Waals surface area contributed by atoms with E-state index in [2.05, 4.69) is 0 Å². The van der Waals surface area contributed by atoms with E-state index in [1.165, 1.54) is 6.92 Å². The van der Waals surface area contributed by atoms with E-state index in [1.54, 1.807) is 0 Å². The van der Waals surface area contributed by atoms with Gasteiger partial charge in [-0.25, -0.2) is 0 Å². The second-order valence-corrected chi connectivity index (χ2v) is 6.78. The minimum atomic E-state index is -4.53. The van der Waals surface area contributed by atoms with Crippen LogP contribution in [0.5, 0.6) is 0 Å². The van der Waals surface area contributed by atoms with Crippen molar-refractivity contribution in [3.8, 4) is 0 Å². The smallest absolute Gasteiger partial charge is 0.195 e. The van der Waals surface area contributed by atoms with Crippen LogP contribution in [-0.4, -0.2) is 55.3 Å². The Kier molecular flexibility index (Phi) is 5.91. The Balaban J connectivity index is 2.73. The molecule has 0 N–H and O–H groups in total. The Labute approximate surface area is 116 Å². The minimum absolute atomic E-state index is 0.197. The average Bonchev–Trinajstić information content (AvgIpc) is 2.34. The number of piperidine rings is 1. The average molecular weight is 323 g/mol. The Bertz CT molecular complexity index is 381. The largest absolute Gasteiger partial charge is 0.402 e. The summed E-state index contributed by atoms with van der Waals surface area (Å²) in [6.45, 7) is 0.218. The fourth-order valence-corrected chi connectivity index (χ4v) is 3.96. The molecule has 0 spiro atoms. The van der Waals surface area contributed by atoms with Gasteiger partial charge in [-0.1, -0.05) is 6.92 Å². The van der Waals surface area contributed by atoms with E-state index in [9.17, 15) is 21.6 Å². The summed E-state index contributed by atoms with van der Waals surface area (Å²) in [7, 11) is -4.04. The van der Waals surface area contributed by atoms with Crippen LogP contribution in [0.25, 0.3) is 0 Å². The van der Waals surface area contributed by atoms with Crippen molar-refractivity contribution >= 4 is 21.8 Å². The van der Waals surface area contributed by atoms with Gasteiger partial charge >= 0.3 is 6.18 Å². The summed E-state index contributed by atoms with van der Waals surface area (Å²) in [5.74, 6) is 0.694. The first kappa shape index (κ1) is 17.0. The van der Waals surface area contributed by atoms with Gasteiger partial charge in [0.1, 0.15) is 6.54 Å². The van der Waals surface area contributed by atoms with Crippen molar-refractivity contribution in [2.24, 2.45) is 5.92 Å². The second kappa shape index (κ2) is 6.60. The molecule has 0 atom stereocenters. The molecule has 1 saturated heterocycles. The molecule has 1 aliphatic rings. The van der Waals surface area contributed by atoms with Gasteiger partial charge in [-0.2, -0.15) is 30.2 Å². The topological polar surface area (TPSA) is 40.6 Å². The Hall–Kier alpha value is -0.0500. The predicted octanol–water partition coefficient (Wildman–Crippen LogP) is 2.07. The highest BCUT2D eigenvalue weighted by Crippen LogP contribution is 2.24. The van der Waals surface area contributed by atoms with E-state index in [-0.39, 0.29) is 25.6 Å². The molecule has 0 radical (unpaired) electrons. The molecule has 114 valence electrons. The third kappa shape index (κ3) is 4.77. The van der Waals surface area contributed by atoms with Crippen molar-refractivity contribution in [2.45, 2.75) is 25.9 Å². The summed E-state index contributed by atoms with van der Waals surface area (Å²) in [5, 5.41) is 0. The lowest BCUT2D eigenvalue weighted by Gasteiger charge is -2.34. The van der Waals surface area contributed by atoms with Crippen LogP contribution in [0.2, 0.25) is 0 Å². The number of rotatable bonds is 5. The van der Waals surface area contributed by atoms with Crippen LogP contribution in [0.4, 0.5) is 13.2 Å². The summed E-state index contributed by atoms with van der Waals surface area (Å²) in [4.78, 5) is 0. The number of alkyl halides is 4. The van der Waals surface area contributed by atoms with E-state index in [0.717, 1.165) is 4.31 Å². The molecule has 0 saturated carbocycles. The quantitative estimate of drug-likeness (QED) is 0.727. The normalized spacial score (nSPS) is 20.1. The fraction of sp³-hybridized carbons (Fsp3) is 1.00. The SMILES string of the molecule is CCN(CC(F)(F)F)S(=O)(=O)N1CCC(CCl)CC1. The molecule has 0 aromatic rings. The molecule has 1 heterocycles. The number of nitrogens with zero attached hydrogens (tertiary/aromatic N) is 2. The summed E-state index contributed by atoms with van der Waals surface area (Å²) in [5.41, 5.74) is 0. The zero-order valence-corrected chi connectivity index (χ0v) is 12.2. The van der Waals surface area contributed by atoms with Crippen LogP contribution < -0.4 is 0 Å². The lowest BCUT2D eigenvalue weighted by molar-refractivity contribution is -0.136. The van der Waals surface area contributed by atoms with Crippen LogP contribution in [0.1, 0.15) is 19.8 Å². The molecule has 0 aromatic heterocycles. The van der Waals surface area contributed by atoms with E-state index >= 15 is 0 Å². The highest BCUT2D eigenvalue weighted by Gasteiger charge is 2.39. The molecule has 0 aliphatic carbocycles. The molecule has 1 fully saturated rings. The van der Waals surface area contributed by atoms with Gasteiger partial charge in [0, 0.05) is 25.5 Å². The Morgan fingerprint density at radius 3 is 2.21 bits per heavy atom. The van der Waals surface area contributed by atoms with Crippen molar-refractivity contribution in [3.05, 3.63) is 0 Å². The first-order valence-corrected chi connectivity index (χ1v) is 8.01.